The molecule has 0 saturated carbocycles. The third-order valence-corrected chi connectivity index (χ3v) is 2.63. The number of nitrogens with zero attached hydrogens (tertiary/aromatic N) is 3. The fraction of sp³-hybridized carbons (Fsp3) is 0.357. The topological polar surface area (TPSA) is 59.9 Å². The molecule has 2 aromatic heterocycles. The highest BCUT2D eigenvalue weighted by atomic mass is 16.5. The highest BCUT2D eigenvalue weighted by Gasteiger charge is 2.06. The van der Waals surface area contributed by atoms with Gasteiger partial charge in [0.05, 0.1) is 12.8 Å². The Hall–Kier alpha value is -2.17. The normalized spacial score (nSPS) is 10.3. The maximum Gasteiger partial charge on any atom is 0.223 e. The summed E-state index contributed by atoms with van der Waals surface area (Å²) in [7, 11) is 1.60. The van der Waals surface area contributed by atoms with Gasteiger partial charge in [0.25, 0.3) is 0 Å². The maximum absolute atomic E-state index is 5.13. The molecule has 5 heteroatoms. The lowest BCUT2D eigenvalue weighted by Gasteiger charge is -2.08. The molecule has 19 heavy (non-hydrogen) atoms. The first-order chi connectivity index (χ1) is 9.22. The van der Waals surface area contributed by atoms with E-state index in [9.17, 15) is 0 Å². The standard InChI is InChI=1S/C14H18N4O/c1-4-6-16-14-17-10(2)8-12(18-14)11-5-7-15-13(9-11)19-3/h5,7-9H,4,6H2,1-3H3,(H,16,17,18). The van der Waals surface area contributed by atoms with Crippen molar-refractivity contribution in [2.24, 2.45) is 0 Å². The van der Waals surface area contributed by atoms with Gasteiger partial charge in [0.2, 0.25) is 11.8 Å². The Labute approximate surface area is 113 Å². The lowest BCUT2D eigenvalue weighted by atomic mass is 10.2. The first-order valence-corrected chi connectivity index (χ1v) is 6.33. The van der Waals surface area contributed by atoms with Crippen LogP contribution in [0.5, 0.6) is 5.88 Å². The predicted molar refractivity (Wildman–Crippen MR) is 75.3 cm³/mol. The van der Waals surface area contributed by atoms with Crippen LogP contribution in [0.25, 0.3) is 11.3 Å². The Morgan fingerprint density at radius 1 is 1.26 bits per heavy atom. The Bertz CT molecular complexity index is 557. The summed E-state index contributed by atoms with van der Waals surface area (Å²) in [6.45, 7) is 4.93. The lowest BCUT2D eigenvalue weighted by molar-refractivity contribution is 0.398. The van der Waals surface area contributed by atoms with Crippen LogP contribution in [0.3, 0.4) is 0 Å². The van der Waals surface area contributed by atoms with Gasteiger partial charge in [-0.05, 0) is 25.5 Å². The SMILES string of the molecule is CCCNc1nc(C)cc(-c2ccnc(OC)c2)n1. The van der Waals surface area contributed by atoms with Crippen LogP contribution < -0.4 is 10.1 Å². The van der Waals surface area contributed by atoms with Gasteiger partial charge in [-0.15, -0.1) is 0 Å². The molecular weight excluding hydrogens is 240 g/mol. The van der Waals surface area contributed by atoms with E-state index in [0.717, 1.165) is 29.9 Å². The molecule has 0 spiro atoms. The van der Waals surface area contributed by atoms with Gasteiger partial charge in [-0.2, -0.15) is 0 Å². The molecule has 1 N–H and O–H groups in total. The average Bonchev–Trinajstić information content (AvgIpc) is 2.44. The fourth-order valence-corrected chi connectivity index (χ4v) is 1.71. The number of anilines is 1. The van der Waals surface area contributed by atoms with Crippen molar-refractivity contribution in [2.45, 2.75) is 20.3 Å². The van der Waals surface area contributed by atoms with E-state index in [1.165, 1.54) is 0 Å². The number of hydrogen-bond donors (Lipinski definition) is 1. The number of aromatic nitrogens is 3. The molecule has 0 aromatic carbocycles. The minimum absolute atomic E-state index is 0.580. The second-order valence-electron chi connectivity index (χ2n) is 4.23. The second-order valence-corrected chi connectivity index (χ2v) is 4.23. The predicted octanol–water partition coefficient (Wildman–Crippen LogP) is 2.68. The number of aryl methyl sites for hydroxylation is 1. The molecule has 2 rings (SSSR count). The van der Waals surface area contributed by atoms with Gasteiger partial charge >= 0.3 is 0 Å². The fourth-order valence-electron chi connectivity index (χ4n) is 1.71. The van der Waals surface area contributed by atoms with E-state index in [2.05, 4.69) is 27.2 Å². The zero-order valence-electron chi connectivity index (χ0n) is 11.5. The van der Waals surface area contributed by atoms with Gasteiger partial charge in [-0.1, -0.05) is 6.92 Å². The van der Waals surface area contributed by atoms with Crippen LogP contribution >= 0.6 is 0 Å². The third kappa shape index (κ3) is 3.40. The summed E-state index contributed by atoms with van der Waals surface area (Å²) in [6.07, 6.45) is 2.75. The van der Waals surface area contributed by atoms with Crippen LogP contribution in [-0.2, 0) is 0 Å². The van der Waals surface area contributed by atoms with Gasteiger partial charge in [-0.25, -0.2) is 15.0 Å². The Morgan fingerprint density at radius 2 is 2.11 bits per heavy atom. The smallest absolute Gasteiger partial charge is 0.223 e. The molecule has 0 unspecified atom stereocenters. The number of ether oxygens (including phenoxy) is 1. The van der Waals surface area contributed by atoms with Crippen LogP contribution in [0.1, 0.15) is 19.0 Å². The first kappa shape index (κ1) is 13.3. The first-order valence-electron chi connectivity index (χ1n) is 6.33. The Balaban J connectivity index is 2.34. The third-order valence-electron chi connectivity index (χ3n) is 2.63. The zero-order valence-corrected chi connectivity index (χ0v) is 11.5. The summed E-state index contributed by atoms with van der Waals surface area (Å²) >= 11 is 0. The van der Waals surface area contributed by atoms with Crippen molar-refractivity contribution >= 4 is 5.95 Å². The summed E-state index contributed by atoms with van der Waals surface area (Å²) in [5, 5.41) is 3.20. The zero-order chi connectivity index (χ0) is 13.7. The molecule has 0 radical (unpaired) electrons. The molecule has 0 atom stereocenters. The molecule has 0 saturated heterocycles. The molecular formula is C14H18N4O. The van der Waals surface area contributed by atoms with Gasteiger partial charge in [-0.3, -0.25) is 0 Å². The molecule has 0 fully saturated rings. The van der Waals surface area contributed by atoms with Crippen LogP contribution in [-0.4, -0.2) is 28.6 Å². The monoisotopic (exact) mass is 258 g/mol. The minimum Gasteiger partial charge on any atom is -0.481 e. The van der Waals surface area contributed by atoms with Crippen molar-refractivity contribution in [3.8, 4) is 17.1 Å². The Kier molecular flexibility index (Phi) is 4.28. The summed E-state index contributed by atoms with van der Waals surface area (Å²) in [4.78, 5) is 13.0. The Morgan fingerprint density at radius 3 is 2.84 bits per heavy atom. The summed E-state index contributed by atoms with van der Waals surface area (Å²) in [6, 6.07) is 5.73. The average molecular weight is 258 g/mol. The molecule has 2 heterocycles. The van der Waals surface area contributed by atoms with Crippen LogP contribution in [0.2, 0.25) is 0 Å². The highest BCUT2D eigenvalue weighted by molar-refractivity contribution is 5.61. The van der Waals surface area contributed by atoms with Crippen molar-refractivity contribution < 1.29 is 4.74 Å². The van der Waals surface area contributed by atoms with E-state index >= 15 is 0 Å². The van der Waals surface area contributed by atoms with Crippen molar-refractivity contribution in [3.63, 3.8) is 0 Å². The van der Waals surface area contributed by atoms with E-state index in [1.54, 1.807) is 13.3 Å². The highest BCUT2D eigenvalue weighted by Crippen LogP contribution is 2.21. The van der Waals surface area contributed by atoms with Gasteiger partial charge in [0.1, 0.15) is 0 Å². The largest absolute Gasteiger partial charge is 0.481 e. The molecule has 0 bridgehead atoms. The van der Waals surface area contributed by atoms with Crippen molar-refractivity contribution in [1.29, 1.82) is 0 Å². The molecule has 0 aliphatic heterocycles. The van der Waals surface area contributed by atoms with E-state index < -0.39 is 0 Å². The van der Waals surface area contributed by atoms with Gasteiger partial charge in [0.15, 0.2) is 0 Å². The summed E-state index contributed by atoms with van der Waals surface area (Å²) in [5.41, 5.74) is 2.77. The van der Waals surface area contributed by atoms with Crippen LogP contribution in [0.15, 0.2) is 24.4 Å². The summed E-state index contributed by atoms with van der Waals surface area (Å²) < 4.78 is 5.13. The van der Waals surface area contributed by atoms with Crippen LogP contribution in [0.4, 0.5) is 5.95 Å². The van der Waals surface area contributed by atoms with E-state index in [4.69, 9.17) is 4.74 Å². The van der Waals surface area contributed by atoms with Gasteiger partial charge < -0.3 is 10.1 Å². The van der Waals surface area contributed by atoms with Crippen LogP contribution in [0, 0.1) is 6.92 Å². The van der Waals surface area contributed by atoms with E-state index in [-0.39, 0.29) is 0 Å². The van der Waals surface area contributed by atoms with E-state index in [1.807, 2.05) is 25.1 Å². The van der Waals surface area contributed by atoms with Gasteiger partial charge in [0, 0.05) is 30.1 Å². The number of hydrogen-bond acceptors (Lipinski definition) is 5. The van der Waals surface area contributed by atoms with E-state index in [0.29, 0.717) is 11.8 Å². The molecule has 2 aromatic rings. The number of nitrogens with one attached hydrogen (secondary N) is 1. The number of methoxy groups -OCH3 is 1. The maximum atomic E-state index is 5.13. The minimum atomic E-state index is 0.580. The summed E-state index contributed by atoms with van der Waals surface area (Å²) in [5.74, 6) is 1.24. The molecule has 0 aliphatic carbocycles. The molecule has 0 amide bonds. The van der Waals surface area contributed by atoms with Crippen molar-refractivity contribution in [1.82, 2.24) is 15.0 Å². The lowest BCUT2D eigenvalue weighted by Crippen LogP contribution is -2.05. The van der Waals surface area contributed by atoms with Crippen molar-refractivity contribution in [2.75, 3.05) is 19.0 Å². The number of rotatable bonds is 5. The molecule has 100 valence electrons. The second kappa shape index (κ2) is 6.13. The quantitative estimate of drug-likeness (QED) is 0.893. The molecule has 0 aliphatic rings. The number of pyridine rings is 1. The van der Waals surface area contributed by atoms with Crippen molar-refractivity contribution in [3.05, 3.63) is 30.1 Å². The molecule has 5 nitrogen and oxygen atoms in total.